The van der Waals surface area contributed by atoms with Gasteiger partial charge < -0.3 is 15.2 Å². The minimum absolute atomic E-state index is 0.00257. The molecule has 60 heavy (non-hydrogen) atoms. The molecule has 6 aliphatic rings. The van der Waals surface area contributed by atoms with Crippen molar-refractivity contribution in [2.24, 2.45) is 67.5 Å². The Kier molecular flexibility index (Phi) is 11.7. The highest BCUT2D eigenvalue weighted by Crippen LogP contribution is 2.82. The van der Waals surface area contributed by atoms with E-state index in [2.05, 4.69) is 77.7 Å². The van der Waals surface area contributed by atoms with Gasteiger partial charge in [0, 0.05) is 42.4 Å². The normalized spacial score (nSPS) is 35.9. The van der Waals surface area contributed by atoms with Crippen molar-refractivity contribution in [1.29, 1.82) is 0 Å². The molecule has 6 aliphatic carbocycles. The van der Waals surface area contributed by atoms with Gasteiger partial charge in [0.15, 0.2) is 5.78 Å². The Labute approximate surface area is 365 Å². The first kappa shape index (κ1) is 45.3. The predicted molar refractivity (Wildman–Crippen MR) is 237 cm³/mol. The van der Waals surface area contributed by atoms with E-state index in [1.807, 2.05) is 12.1 Å². The summed E-state index contributed by atoms with van der Waals surface area (Å²) in [7, 11) is 1.71. The third-order valence-electron chi connectivity index (χ3n) is 19.0. The first-order valence-corrected chi connectivity index (χ1v) is 23.7. The van der Waals surface area contributed by atoms with E-state index in [1.165, 1.54) is 12.0 Å². The number of esters is 1. The van der Waals surface area contributed by atoms with E-state index in [9.17, 15) is 24.3 Å². The molecule has 0 radical (unpaired) electrons. The van der Waals surface area contributed by atoms with Gasteiger partial charge in [-0.25, -0.2) is 0 Å². The summed E-state index contributed by atoms with van der Waals surface area (Å²) in [5, 5.41) is 13.3. The maximum Gasteiger partial charge on any atom is 0.309 e. The second kappa shape index (κ2) is 15.5. The highest BCUT2D eigenvalue weighted by atomic mass is 35.5. The molecule has 0 saturated heterocycles. The minimum Gasteiger partial charge on any atom is -0.481 e. The van der Waals surface area contributed by atoms with Crippen LogP contribution in [0.4, 0.5) is 0 Å². The molecule has 5 fully saturated rings. The van der Waals surface area contributed by atoms with Crippen molar-refractivity contribution in [2.45, 2.75) is 159 Å². The number of hydrogen-bond acceptors (Lipinski definition) is 6. The lowest BCUT2D eigenvalue weighted by Gasteiger charge is -2.76. The monoisotopic (exact) mass is 847 g/mol. The number of aliphatic carboxylic acids is 1. The zero-order valence-electron chi connectivity index (χ0n) is 38.7. The average Bonchev–Trinajstić information content (AvgIpc) is 3.46. The fourth-order valence-corrected chi connectivity index (χ4v) is 16.0. The van der Waals surface area contributed by atoms with Gasteiger partial charge in [0.2, 0.25) is 5.91 Å². The van der Waals surface area contributed by atoms with E-state index in [-0.39, 0.29) is 62.8 Å². The Morgan fingerprint density at radius 2 is 1.60 bits per heavy atom. The summed E-state index contributed by atoms with van der Waals surface area (Å²) in [5.74, 6) is 0.473. The third-order valence-corrected chi connectivity index (χ3v) is 19.2. The Hall–Kier alpha value is -2.71. The van der Waals surface area contributed by atoms with Crippen LogP contribution in [0.3, 0.4) is 0 Å². The van der Waals surface area contributed by atoms with Gasteiger partial charge in [-0.1, -0.05) is 91.1 Å². The van der Waals surface area contributed by atoms with Crippen LogP contribution in [0.2, 0.25) is 5.02 Å². The largest absolute Gasteiger partial charge is 0.481 e. The van der Waals surface area contributed by atoms with Crippen molar-refractivity contribution in [3.05, 3.63) is 46.0 Å². The van der Waals surface area contributed by atoms with E-state index in [1.54, 1.807) is 20.9 Å². The zero-order chi connectivity index (χ0) is 44.0. The fourth-order valence-electron chi connectivity index (χ4n) is 15.9. The molecule has 5 saturated carbocycles. The number of ketones is 1. The molecule has 0 aromatic heterocycles. The second-order valence-corrected chi connectivity index (χ2v) is 23.5. The first-order chi connectivity index (χ1) is 27.9. The predicted octanol–water partition coefficient (Wildman–Crippen LogP) is 10.7. The van der Waals surface area contributed by atoms with Crippen LogP contribution in [-0.2, 0) is 30.5 Å². The molecule has 8 nitrogen and oxygen atoms in total. The molecular formula is C51H75ClN2O6. The van der Waals surface area contributed by atoms with E-state index >= 15 is 0 Å². The summed E-state index contributed by atoms with van der Waals surface area (Å²) in [5.41, 5.74) is 2.25. The number of amides is 1. The lowest BCUT2D eigenvalue weighted by atomic mass is 9.28. The molecule has 9 heteroatoms. The number of Topliss-reactive ketones (excluding diaryl/α,β-unsaturated/α-hetero) is 1. The van der Waals surface area contributed by atoms with Crippen LogP contribution in [-0.4, -0.2) is 59.9 Å². The number of fused-ring (bicyclic) bond motifs is 8. The topological polar surface area (TPSA) is 113 Å². The van der Waals surface area contributed by atoms with Crippen LogP contribution >= 0.6 is 11.6 Å². The number of carbonyl (C=O) groups is 4. The molecule has 332 valence electrons. The molecule has 1 aromatic rings. The third kappa shape index (κ3) is 6.85. The van der Waals surface area contributed by atoms with Crippen LogP contribution < -0.4 is 5.32 Å². The van der Waals surface area contributed by atoms with Crippen LogP contribution in [0, 0.1) is 67.5 Å². The van der Waals surface area contributed by atoms with Gasteiger partial charge in [0.05, 0.1) is 18.4 Å². The first-order valence-electron chi connectivity index (χ1n) is 23.3. The molecule has 1 amide bonds. The molecule has 0 heterocycles. The zero-order valence-corrected chi connectivity index (χ0v) is 39.4. The summed E-state index contributed by atoms with van der Waals surface area (Å²) in [4.78, 5) is 55.3. The van der Waals surface area contributed by atoms with Crippen LogP contribution in [0.1, 0.15) is 152 Å². The highest BCUT2D eigenvalue weighted by molar-refractivity contribution is 6.30. The molecular weight excluding hydrogens is 772 g/mol. The Bertz CT molecular complexity index is 1910. The Morgan fingerprint density at radius 1 is 0.933 bits per heavy atom. The van der Waals surface area contributed by atoms with Crippen molar-refractivity contribution in [2.75, 3.05) is 20.1 Å². The number of nitrogens with one attached hydrogen (secondary N) is 1. The number of carboxylic acid groups (broad SMARTS) is 1. The van der Waals surface area contributed by atoms with Crippen molar-refractivity contribution in [3.63, 3.8) is 0 Å². The number of benzene rings is 1. The number of ether oxygens (including phenoxy) is 1. The van der Waals surface area contributed by atoms with E-state index in [4.69, 9.17) is 16.3 Å². The minimum atomic E-state index is -1.17. The summed E-state index contributed by atoms with van der Waals surface area (Å²) >= 11 is 6.28. The molecule has 7 rings (SSSR count). The molecule has 9 atom stereocenters. The van der Waals surface area contributed by atoms with Gasteiger partial charge in [-0.05, 0) is 146 Å². The SMILES string of the molecule is CNC(=O)CN(Cc1ccc(Cl)cc1)CC(C)[C@]12CC(=O)C(C(C)C)=C1[C@H]1CC[C@@H]3[C@@]4(C)CC[C@H](OC(=O)CC(C)(C)C(=O)O)C(C)(C)[C@@H]4CC[C@@]3(C)[C@]1(C)CC21CCC1. The summed E-state index contributed by atoms with van der Waals surface area (Å²) in [6, 6.07) is 7.96. The summed E-state index contributed by atoms with van der Waals surface area (Å²) < 4.78 is 6.25. The number of carboxylic acids is 1. The van der Waals surface area contributed by atoms with E-state index in [0.717, 1.165) is 75.5 Å². The van der Waals surface area contributed by atoms with Gasteiger partial charge in [-0.15, -0.1) is 0 Å². The maximum absolute atomic E-state index is 14.8. The molecule has 1 aromatic carbocycles. The van der Waals surface area contributed by atoms with Gasteiger partial charge in [0.1, 0.15) is 6.10 Å². The standard InChI is InChI=1S/C51H75ClN2O6/c1-31(2)42-36(55)25-51(32(3)27-54(29-40(56)53-11)28-33-13-15-34(52)16-14-33)43(42)35-17-18-38-47(8)23-20-39(60-41(57)26-45(4,5)44(58)59)46(6,7)37(47)19-24-48(38,9)49(35,10)30-50(51)21-12-22-50/h13-16,31-32,35,37-39H,12,17-30H2,1-11H3,(H,53,56)(H,58,59)/t32?,35-,37+,38-,39+,47+,48-,49-,51-/m1/s1. The van der Waals surface area contributed by atoms with Crippen LogP contribution in [0.5, 0.6) is 0 Å². The van der Waals surface area contributed by atoms with Crippen LogP contribution in [0.25, 0.3) is 0 Å². The lowest BCUT2D eigenvalue weighted by molar-refractivity contribution is -0.255. The molecule has 0 aliphatic heterocycles. The van der Waals surface area contributed by atoms with Crippen LogP contribution in [0.15, 0.2) is 35.4 Å². The number of likely N-dealkylation sites (N-methyl/N-ethyl adjacent to an activating group) is 1. The quantitative estimate of drug-likeness (QED) is 0.201. The lowest BCUT2D eigenvalue weighted by Crippen LogP contribution is -2.69. The van der Waals surface area contributed by atoms with Gasteiger partial charge in [-0.2, -0.15) is 0 Å². The van der Waals surface area contributed by atoms with Crippen molar-refractivity contribution in [3.8, 4) is 0 Å². The highest BCUT2D eigenvalue weighted by Gasteiger charge is 2.76. The van der Waals surface area contributed by atoms with Gasteiger partial charge in [0.25, 0.3) is 0 Å². The summed E-state index contributed by atoms with van der Waals surface area (Å²) in [6.45, 7) is 24.2. The van der Waals surface area contributed by atoms with Gasteiger partial charge in [-0.3, -0.25) is 24.1 Å². The second-order valence-electron chi connectivity index (χ2n) is 23.1. The van der Waals surface area contributed by atoms with Crippen molar-refractivity contribution in [1.82, 2.24) is 10.2 Å². The number of nitrogens with zero attached hydrogens (tertiary/aromatic N) is 1. The maximum atomic E-state index is 14.8. The molecule has 0 bridgehead atoms. The fraction of sp³-hybridized carbons (Fsp3) is 0.765. The molecule has 1 spiro atoms. The van der Waals surface area contributed by atoms with Gasteiger partial charge >= 0.3 is 11.9 Å². The molecule has 2 N–H and O–H groups in total. The van der Waals surface area contributed by atoms with Crippen molar-refractivity contribution < 1.29 is 29.0 Å². The summed E-state index contributed by atoms with van der Waals surface area (Å²) in [6.07, 6.45) is 11.0. The number of halogens is 1. The average molecular weight is 848 g/mol. The Balaban J connectivity index is 1.24. The molecule has 1 unspecified atom stereocenters. The number of hydrogen-bond donors (Lipinski definition) is 2. The van der Waals surface area contributed by atoms with E-state index < -0.39 is 17.4 Å². The smallest absolute Gasteiger partial charge is 0.309 e. The number of rotatable bonds is 12. The number of carbonyl (C=O) groups excluding carboxylic acids is 3. The van der Waals surface area contributed by atoms with E-state index in [0.29, 0.717) is 48.1 Å². The number of allylic oxidation sites excluding steroid dienone is 2. The van der Waals surface area contributed by atoms with Crippen molar-refractivity contribution >= 4 is 35.2 Å². The Morgan fingerprint density at radius 3 is 2.18 bits per heavy atom.